The lowest BCUT2D eigenvalue weighted by molar-refractivity contribution is -0.142. The maximum atomic E-state index is 11.1. The van der Waals surface area contributed by atoms with Gasteiger partial charge in [-0.15, -0.1) is 0 Å². The first-order valence-corrected chi connectivity index (χ1v) is 10.1. The largest absolute Gasteiger partial charge is 0.488 e. The number of anilines is 1. The normalized spacial score (nSPS) is 14.7. The highest BCUT2D eigenvalue weighted by Crippen LogP contribution is 2.41. The number of carboxylic acid groups (broad SMARTS) is 1. The number of rotatable bonds is 2. The number of benzene rings is 2. The lowest BCUT2D eigenvalue weighted by Crippen LogP contribution is -2.50. The van der Waals surface area contributed by atoms with Gasteiger partial charge in [-0.25, -0.2) is 9.40 Å². The van der Waals surface area contributed by atoms with Gasteiger partial charge in [-0.05, 0) is 31.3 Å². The topological polar surface area (TPSA) is 100.0 Å². The molecule has 0 bridgehead atoms. The van der Waals surface area contributed by atoms with Crippen molar-refractivity contribution in [2.24, 2.45) is 11.7 Å². The van der Waals surface area contributed by atoms with Crippen molar-refractivity contribution in [2.75, 3.05) is 25.0 Å². The molecule has 7 nitrogen and oxygen atoms in total. The van der Waals surface area contributed by atoms with Gasteiger partial charge in [0.05, 0.1) is 17.0 Å². The van der Waals surface area contributed by atoms with Crippen molar-refractivity contribution in [3.05, 3.63) is 60.4 Å². The van der Waals surface area contributed by atoms with Gasteiger partial charge in [0.1, 0.15) is 12.4 Å². The monoisotopic (exact) mass is 416 g/mol. The molecule has 0 unspecified atom stereocenters. The van der Waals surface area contributed by atoms with Crippen LogP contribution in [-0.4, -0.2) is 36.2 Å². The zero-order chi connectivity index (χ0) is 21.5. The molecule has 1 fully saturated rings. The Morgan fingerprint density at radius 3 is 2.77 bits per heavy atom. The molecule has 2 aliphatic rings. The van der Waals surface area contributed by atoms with Crippen LogP contribution in [0.3, 0.4) is 0 Å². The molecule has 31 heavy (non-hydrogen) atoms. The van der Waals surface area contributed by atoms with Gasteiger partial charge in [0, 0.05) is 47.4 Å². The molecule has 156 valence electrons. The fraction of sp³-hybridized carbons (Fsp3) is 0.208. The van der Waals surface area contributed by atoms with Crippen LogP contribution in [-0.2, 0) is 11.4 Å². The molecule has 4 heterocycles. The van der Waals surface area contributed by atoms with Gasteiger partial charge in [0.25, 0.3) is 0 Å². The van der Waals surface area contributed by atoms with Crippen molar-refractivity contribution in [2.45, 2.75) is 6.61 Å². The number of aromatic nitrogens is 1. The Hall–Kier alpha value is -3.71. The maximum absolute atomic E-state index is 11.1. The van der Waals surface area contributed by atoms with Crippen molar-refractivity contribution >= 4 is 33.5 Å². The summed E-state index contributed by atoms with van der Waals surface area (Å²) in [5, 5.41) is 11.2. The molecular weight excluding hydrogens is 394 g/mol. The SMILES string of the molecule is CN.O=C(O)C1CN(c2ccc3c(c2)OCc2cc4c(c[o+]c5ccccc54)nc2-3)C1. The predicted molar refractivity (Wildman–Crippen MR) is 119 cm³/mol. The molecule has 2 aromatic heterocycles. The number of ether oxygens (including phenoxy) is 1. The van der Waals surface area contributed by atoms with Crippen LogP contribution in [0.1, 0.15) is 5.56 Å². The van der Waals surface area contributed by atoms with Gasteiger partial charge in [0.15, 0.2) is 5.52 Å². The summed E-state index contributed by atoms with van der Waals surface area (Å²) in [5.41, 5.74) is 10.0. The second-order valence-corrected chi connectivity index (χ2v) is 7.57. The Balaban J connectivity index is 0.000000994. The summed E-state index contributed by atoms with van der Waals surface area (Å²) >= 11 is 0. The van der Waals surface area contributed by atoms with Gasteiger partial charge >= 0.3 is 17.8 Å². The van der Waals surface area contributed by atoms with Crippen LogP contribution in [0, 0.1) is 5.92 Å². The maximum Gasteiger partial charge on any atom is 0.360 e. The number of para-hydroxylation sites is 1. The molecule has 6 rings (SSSR count). The molecule has 0 radical (unpaired) electrons. The van der Waals surface area contributed by atoms with Crippen molar-refractivity contribution in [1.82, 2.24) is 4.98 Å². The Morgan fingerprint density at radius 1 is 1.16 bits per heavy atom. The highest BCUT2D eigenvalue weighted by atomic mass is 16.5. The number of aliphatic carboxylic acids is 1. The summed E-state index contributed by atoms with van der Waals surface area (Å²) in [7, 11) is 1.50. The second kappa shape index (κ2) is 7.52. The predicted octanol–water partition coefficient (Wildman–Crippen LogP) is 3.92. The molecule has 0 saturated carbocycles. The minimum atomic E-state index is -0.738. The van der Waals surface area contributed by atoms with E-state index in [1.54, 1.807) is 6.26 Å². The fourth-order valence-electron chi connectivity index (χ4n) is 4.15. The molecule has 4 aromatic rings. The van der Waals surface area contributed by atoms with E-state index in [0.717, 1.165) is 50.1 Å². The summed E-state index contributed by atoms with van der Waals surface area (Å²) in [4.78, 5) is 18.0. The number of nitrogens with two attached hydrogens (primary N) is 1. The molecule has 0 spiro atoms. The molecule has 2 aromatic carbocycles. The van der Waals surface area contributed by atoms with Crippen molar-refractivity contribution in [3.63, 3.8) is 0 Å². The highest BCUT2D eigenvalue weighted by Gasteiger charge is 2.33. The van der Waals surface area contributed by atoms with E-state index < -0.39 is 5.97 Å². The van der Waals surface area contributed by atoms with Gasteiger partial charge in [-0.2, -0.15) is 0 Å². The van der Waals surface area contributed by atoms with Gasteiger partial charge in [-0.3, -0.25) is 4.79 Å². The van der Waals surface area contributed by atoms with Crippen LogP contribution in [0.2, 0.25) is 0 Å². The summed E-state index contributed by atoms with van der Waals surface area (Å²) in [5.74, 6) is -0.254. The first-order valence-electron chi connectivity index (χ1n) is 10.1. The molecular formula is C24H22N3O4+. The Bertz CT molecular complexity index is 1320. The number of nitrogens with zero attached hydrogens (tertiary/aromatic N) is 2. The van der Waals surface area contributed by atoms with E-state index in [2.05, 4.69) is 16.7 Å². The van der Waals surface area contributed by atoms with Crippen LogP contribution in [0.25, 0.3) is 33.1 Å². The van der Waals surface area contributed by atoms with Crippen LogP contribution < -0.4 is 15.4 Å². The van der Waals surface area contributed by atoms with Crippen molar-refractivity contribution in [1.29, 1.82) is 0 Å². The quantitative estimate of drug-likeness (QED) is 0.377. The van der Waals surface area contributed by atoms with E-state index in [9.17, 15) is 4.79 Å². The summed E-state index contributed by atoms with van der Waals surface area (Å²) < 4.78 is 11.8. The second-order valence-electron chi connectivity index (χ2n) is 7.57. The van der Waals surface area contributed by atoms with Gasteiger partial charge in [-0.1, -0.05) is 12.1 Å². The molecule has 2 aliphatic heterocycles. The molecule has 7 heteroatoms. The van der Waals surface area contributed by atoms with E-state index in [1.807, 2.05) is 42.5 Å². The third kappa shape index (κ3) is 3.14. The van der Waals surface area contributed by atoms with Crippen molar-refractivity contribution in [3.8, 4) is 17.0 Å². The van der Waals surface area contributed by atoms with Crippen LogP contribution in [0.4, 0.5) is 5.69 Å². The first kappa shape index (κ1) is 19.3. The van der Waals surface area contributed by atoms with Crippen molar-refractivity contribution < 1.29 is 19.1 Å². The average Bonchev–Trinajstić information content (AvgIpc) is 2.77. The summed E-state index contributed by atoms with van der Waals surface area (Å²) in [6.45, 7) is 1.51. The van der Waals surface area contributed by atoms with E-state index in [-0.39, 0.29) is 5.92 Å². The van der Waals surface area contributed by atoms with E-state index in [4.69, 9.17) is 19.2 Å². The average molecular weight is 416 g/mol. The molecule has 0 atom stereocenters. The minimum absolute atomic E-state index is 0.292. The smallest absolute Gasteiger partial charge is 0.360 e. The van der Waals surface area contributed by atoms with E-state index >= 15 is 0 Å². The highest BCUT2D eigenvalue weighted by molar-refractivity contribution is 6.04. The molecule has 1 saturated heterocycles. The third-order valence-electron chi connectivity index (χ3n) is 5.81. The van der Waals surface area contributed by atoms with Gasteiger partial charge < -0.3 is 20.5 Å². The Morgan fingerprint density at radius 2 is 1.97 bits per heavy atom. The summed E-state index contributed by atoms with van der Waals surface area (Å²) in [6, 6.07) is 16.1. The van der Waals surface area contributed by atoms with Crippen LogP contribution >= 0.6 is 0 Å². The van der Waals surface area contributed by atoms with E-state index in [1.165, 1.54) is 7.05 Å². The number of hydrogen-bond donors (Lipinski definition) is 2. The molecule has 3 N–H and O–H groups in total. The third-order valence-corrected chi connectivity index (χ3v) is 5.81. The zero-order valence-electron chi connectivity index (χ0n) is 17.0. The number of carboxylic acids is 1. The lowest BCUT2D eigenvalue weighted by atomic mass is 9.97. The Labute approximate surface area is 178 Å². The number of pyridine rings is 1. The fourth-order valence-corrected chi connectivity index (χ4v) is 4.15. The molecule has 0 aliphatic carbocycles. The molecule has 0 amide bonds. The zero-order valence-corrected chi connectivity index (χ0v) is 17.0. The number of carbonyl (C=O) groups is 1. The standard InChI is InChI=1S/C23H16N2O4.CH5N/c26-23(27)14-9-25(10-14)15-5-6-17-21(8-15)28-11-13-7-18-16-3-1-2-4-20(16)29-12-19(18)24-22(13)17;1-2/h1-8,12,14H,9-11H2;2H2,1H3/p+1. The van der Waals surface area contributed by atoms with E-state index in [0.29, 0.717) is 19.7 Å². The summed E-state index contributed by atoms with van der Waals surface area (Å²) in [6.07, 6.45) is 1.70. The lowest BCUT2D eigenvalue weighted by Gasteiger charge is -2.39. The minimum Gasteiger partial charge on any atom is -0.488 e. The number of fused-ring (bicyclic) bond motifs is 6. The van der Waals surface area contributed by atoms with Crippen LogP contribution in [0.5, 0.6) is 5.75 Å². The first-order chi connectivity index (χ1) is 15.2. The van der Waals surface area contributed by atoms with Crippen LogP contribution in [0.15, 0.2) is 59.2 Å². The van der Waals surface area contributed by atoms with Gasteiger partial charge in [0.2, 0.25) is 0 Å². The number of hydrogen-bond acceptors (Lipinski definition) is 5. The Kier molecular flexibility index (Phi) is 4.67.